The summed E-state index contributed by atoms with van der Waals surface area (Å²) in [5.41, 5.74) is 1.22. The van der Waals surface area contributed by atoms with Crippen molar-refractivity contribution >= 4 is 11.8 Å². The number of benzene rings is 1. The Morgan fingerprint density at radius 1 is 1.32 bits per heavy atom. The Labute approximate surface area is 110 Å². The van der Waals surface area contributed by atoms with E-state index in [0.29, 0.717) is 18.2 Å². The van der Waals surface area contributed by atoms with E-state index in [4.69, 9.17) is 9.84 Å². The van der Waals surface area contributed by atoms with E-state index in [2.05, 4.69) is 15.3 Å². The van der Waals surface area contributed by atoms with Gasteiger partial charge in [0.05, 0.1) is 25.1 Å². The number of ether oxygens (including phenoxy) is 1. The highest BCUT2D eigenvalue weighted by Crippen LogP contribution is 2.10. The smallest absolute Gasteiger partial charge is 0.335 e. The predicted molar refractivity (Wildman–Crippen MR) is 69.3 cm³/mol. The lowest BCUT2D eigenvalue weighted by atomic mass is 10.1. The molecule has 0 fully saturated rings. The highest BCUT2D eigenvalue weighted by Gasteiger charge is 2.02. The zero-order chi connectivity index (χ0) is 13.7. The lowest BCUT2D eigenvalue weighted by Crippen LogP contribution is -2.03. The molecule has 19 heavy (non-hydrogen) atoms. The van der Waals surface area contributed by atoms with Crippen LogP contribution in [-0.2, 0) is 6.54 Å². The number of carboxylic acid groups (broad SMARTS) is 1. The highest BCUT2D eigenvalue weighted by atomic mass is 16.5. The molecular formula is C13H13N3O3. The SMILES string of the molecule is COc1cncc(NCc2ccc(C(=O)O)cc2)n1. The molecule has 0 radical (unpaired) electrons. The van der Waals surface area contributed by atoms with Gasteiger partial charge >= 0.3 is 5.97 Å². The first-order chi connectivity index (χ1) is 9.19. The van der Waals surface area contributed by atoms with Crippen LogP contribution in [-0.4, -0.2) is 28.2 Å². The summed E-state index contributed by atoms with van der Waals surface area (Å²) in [6.07, 6.45) is 3.11. The third-order valence-corrected chi connectivity index (χ3v) is 2.50. The lowest BCUT2D eigenvalue weighted by Gasteiger charge is -2.06. The van der Waals surface area contributed by atoms with Gasteiger partial charge in [-0.2, -0.15) is 4.98 Å². The van der Waals surface area contributed by atoms with Gasteiger partial charge in [0.2, 0.25) is 5.88 Å². The summed E-state index contributed by atoms with van der Waals surface area (Å²) in [7, 11) is 1.53. The van der Waals surface area contributed by atoms with Gasteiger partial charge in [0.1, 0.15) is 5.82 Å². The summed E-state index contributed by atoms with van der Waals surface area (Å²) >= 11 is 0. The number of carbonyl (C=O) groups is 1. The molecule has 2 aromatic rings. The van der Waals surface area contributed by atoms with Crippen molar-refractivity contribution in [2.45, 2.75) is 6.54 Å². The highest BCUT2D eigenvalue weighted by molar-refractivity contribution is 5.87. The van der Waals surface area contributed by atoms with E-state index < -0.39 is 5.97 Å². The first-order valence-electron chi connectivity index (χ1n) is 5.61. The normalized spacial score (nSPS) is 9.95. The standard InChI is InChI=1S/C13H13N3O3/c1-19-12-8-14-7-11(16-12)15-6-9-2-4-10(5-3-9)13(17)18/h2-5,7-8H,6H2,1H3,(H,15,16)(H,17,18). The van der Waals surface area contributed by atoms with Crippen molar-refractivity contribution in [2.75, 3.05) is 12.4 Å². The molecule has 0 atom stereocenters. The molecule has 0 aliphatic rings. The van der Waals surface area contributed by atoms with Crippen molar-refractivity contribution < 1.29 is 14.6 Å². The van der Waals surface area contributed by atoms with Crippen LogP contribution in [0.25, 0.3) is 0 Å². The second kappa shape index (κ2) is 5.81. The first-order valence-corrected chi connectivity index (χ1v) is 5.61. The average molecular weight is 259 g/mol. The molecule has 6 nitrogen and oxygen atoms in total. The summed E-state index contributed by atoms with van der Waals surface area (Å²) in [4.78, 5) is 18.9. The predicted octanol–water partition coefficient (Wildman–Crippen LogP) is 1.80. The Hall–Kier alpha value is -2.63. The molecule has 0 saturated carbocycles. The van der Waals surface area contributed by atoms with Crippen LogP contribution in [0.2, 0.25) is 0 Å². The maximum absolute atomic E-state index is 10.7. The number of carboxylic acids is 1. The third kappa shape index (κ3) is 3.41. The summed E-state index contributed by atoms with van der Waals surface area (Å²) in [6, 6.07) is 6.64. The van der Waals surface area contributed by atoms with Crippen LogP contribution in [0.15, 0.2) is 36.7 Å². The van der Waals surface area contributed by atoms with Crippen molar-refractivity contribution in [3.05, 3.63) is 47.8 Å². The van der Waals surface area contributed by atoms with Crippen molar-refractivity contribution in [1.82, 2.24) is 9.97 Å². The van der Waals surface area contributed by atoms with Gasteiger partial charge in [0, 0.05) is 6.54 Å². The van der Waals surface area contributed by atoms with Crippen LogP contribution in [0.4, 0.5) is 5.82 Å². The van der Waals surface area contributed by atoms with Crippen LogP contribution in [0.1, 0.15) is 15.9 Å². The third-order valence-electron chi connectivity index (χ3n) is 2.50. The number of methoxy groups -OCH3 is 1. The molecule has 0 spiro atoms. The molecule has 98 valence electrons. The van der Waals surface area contributed by atoms with Gasteiger partial charge in [-0.15, -0.1) is 0 Å². The molecular weight excluding hydrogens is 246 g/mol. The summed E-state index contributed by atoms with van der Waals surface area (Å²) in [6.45, 7) is 0.530. The fourth-order valence-electron chi connectivity index (χ4n) is 1.49. The molecule has 0 saturated heterocycles. The number of nitrogens with one attached hydrogen (secondary N) is 1. The van der Waals surface area contributed by atoms with E-state index in [0.717, 1.165) is 5.56 Å². The topological polar surface area (TPSA) is 84.3 Å². The quantitative estimate of drug-likeness (QED) is 0.851. The van der Waals surface area contributed by atoms with E-state index in [-0.39, 0.29) is 5.56 Å². The Morgan fingerprint density at radius 2 is 2.05 bits per heavy atom. The molecule has 2 N–H and O–H groups in total. The number of aromatic nitrogens is 2. The second-order valence-corrected chi connectivity index (χ2v) is 3.80. The van der Waals surface area contributed by atoms with Crippen LogP contribution in [0.3, 0.4) is 0 Å². The van der Waals surface area contributed by atoms with Gasteiger partial charge in [0.25, 0.3) is 0 Å². The van der Waals surface area contributed by atoms with E-state index in [9.17, 15) is 4.79 Å². The first kappa shape index (κ1) is 12.8. The molecule has 0 bridgehead atoms. The zero-order valence-corrected chi connectivity index (χ0v) is 10.3. The van der Waals surface area contributed by atoms with E-state index in [1.165, 1.54) is 13.3 Å². The minimum Gasteiger partial charge on any atom is -0.480 e. The van der Waals surface area contributed by atoms with Crippen molar-refractivity contribution in [3.63, 3.8) is 0 Å². The van der Waals surface area contributed by atoms with E-state index in [1.54, 1.807) is 30.5 Å². The molecule has 2 rings (SSSR count). The zero-order valence-electron chi connectivity index (χ0n) is 10.3. The van der Waals surface area contributed by atoms with Crippen LogP contribution in [0, 0.1) is 0 Å². The van der Waals surface area contributed by atoms with Gasteiger partial charge in [-0.1, -0.05) is 12.1 Å². The summed E-state index contributed by atoms with van der Waals surface area (Å²) in [5.74, 6) is 0.103. The lowest BCUT2D eigenvalue weighted by molar-refractivity contribution is 0.0697. The van der Waals surface area contributed by atoms with Gasteiger partial charge in [-0.3, -0.25) is 4.98 Å². The van der Waals surface area contributed by atoms with Crippen molar-refractivity contribution in [3.8, 4) is 5.88 Å². The monoisotopic (exact) mass is 259 g/mol. The fourth-order valence-corrected chi connectivity index (χ4v) is 1.49. The summed E-state index contributed by atoms with van der Waals surface area (Å²) in [5, 5.41) is 11.9. The average Bonchev–Trinajstić information content (AvgIpc) is 2.46. The molecule has 0 aliphatic heterocycles. The van der Waals surface area contributed by atoms with Crippen LogP contribution >= 0.6 is 0 Å². The van der Waals surface area contributed by atoms with Gasteiger partial charge < -0.3 is 15.2 Å². The number of aromatic carboxylic acids is 1. The summed E-state index contributed by atoms with van der Waals surface area (Å²) < 4.78 is 4.97. The minimum atomic E-state index is -0.932. The minimum absolute atomic E-state index is 0.268. The molecule has 1 aromatic carbocycles. The van der Waals surface area contributed by atoms with Crippen molar-refractivity contribution in [1.29, 1.82) is 0 Å². The van der Waals surface area contributed by atoms with Crippen molar-refractivity contribution in [2.24, 2.45) is 0 Å². The Bertz CT molecular complexity index is 570. The molecule has 6 heteroatoms. The number of hydrogen-bond acceptors (Lipinski definition) is 5. The molecule has 0 unspecified atom stereocenters. The molecule has 0 aliphatic carbocycles. The van der Waals surface area contributed by atoms with Gasteiger partial charge in [0.15, 0.2) is 0 Å². The Kier molecular flexibility index (Phi) is 3.92. The second-order valence-electron chi connectivity index (χ2n) is 3.80. The number of anilines is 1. The van der Waals surface area contributed by atoms with E-state index in [1.807, 2.05) is 0 Å². The molecule has 1 aromatic heterocycles. The number of nitrogens with zero attached hydrogens (tertiary/aromatic N) is 2. The maximum atomic E-state index is 10.7. The van der Waals surface area contributed by atoms with Crippen LogP contribution < -0.4 is 10.1 Å². The van der Waals surface area contributed by atoms with Gasteiger partial charge in [-0.05, 0) is 17.7 Å². The van der Waals surface area contributed by atoms with E-state index >= 15 is 0 Å². The Morgan fingerprint density at radius 3 is 2.68 bits per heavy atom. The van der Waals surface area contributed by atoms with Gasteiger partial charge in [-0.25, -0.2) is 4.79 Å². The molecule has 0 amide bonds. The Balaban J connectivity index is 1.99. The number of hydrogen-bond donors (Lipinski definition) is 2. The number of rotatable bonds is 5. The molecule has 1 heterocycles. The fraction of sp³-hybridized carbons (Fsp3) is 0.154. The maximum Gasteiger partial charge on any atom is 0.335 e. The van der Waals surface area contributed by atoms with Crippen LogP contribution in [0.5, 0.6) is 5.88 Å². The largest absolute Gasteiger partial charge is 0.480 e.